The molecule has 3 rings (SSSR count). The lowest BCUT2D eigenvalue weighted by Gasteiger charge is -2.15. The summed E-state index contributed by atoms with van der Waals surface area (Å²) in [5.74, 6) is 0.482. The molecule has 1 heterocycles. The summed E-state index contributed by atoms with van der Waals surface area (Å²) in [6, 6.07) is 9.60. The summed E-state index contributed by atoms with van der Waals surface area (Å²) in [6.45, 7) is 6.44. The van der Waals surface area contributed by atoms with Gasteiger partial charge in [-0.25, -0.2) is 0 Å². The molecule has 28 heavy (non-hydrogen) atoms. The lowest BCUT2D eigenvalue weighted by Crippen LogP contribution is -2.04. The summed E-state index contributed by atoms with van der Waals surface area (Å²) < 4.78 is 0. The number of halogens is 1. The highest BCUT2D eigenvalue weighted by Crippen LogP contribution is 2.33. The van der Waals surface area contributed by atoms with Crippen LogP contribution in [0.2, 0.25) is 5.02 Å². The number of hydrogen-bond donors (Lipinski definition) is 1. The molecule has 5 heteroatoms. The summed E-state index contributed by atoms with van der Waals surface area (Å²) in [5.41, 5.74) is 4.29. The minimum Gasteiger partial charge on any atom is -0.505 e. The molecular formula is C23H30ClN3O. The molecule has 0 saturated carbocycles. The lowest BCUT2D eigenvalue weighted by atomic mass is 9.96. The van der Waals surface area contributed by atoms with Crippen molar-refractivity contribution < 1.29 is 5.11 Å². The third-order valence-corrected chi connectivity index (χ3v) is 5.41. The zero-order valence-electron chi connectivity index (χ0n) is 17.1. The van der Waals surface area contributed by atoms with E-state index in [-0.39, 0.29) is 11.7 Å². The van der Waals surface area contributed by atoms with Crippen LogP contribution in [0.5, 0.6) is 5.75 Å². The maximum atomic E-state index is 10.9. The van der Waals surface area contributed by atoms with Crippen LogP contribution in [-0.2, 0) is 6.42 Å². The molecule has 0 saturated heterocycles. The molecule has 1 N–H and O–H groups in total. The summed E-state index contributed by atoms with van der Waals surface area (Å²) >= 11 is 6.07. The van der Waals surface area contributed by atoms with Crippen molar-refractivity contribution in [3.05, 3.63) is 46.5 Å². The van der Waals surface area contributed by atoms with Crippen molar-refractivity contribution in [3.8, 4) is 11.4 Å². The molecule has 0 aliphatic heterocycles. The molecule has 4 nitrogen and oxygen atoms in total. The minimum atomic E-state index is 0.225. The van der Waals surface area contributed by atoms with E-state index in [0.717, 1.165) is 29.4 Å². The first kappa shape index (κ1) is 20.7. The van der Waals surface area contributed by atoms with Gasteiger partial charge in [0.2, 0.25) is 0 Å². The number of phenolic OH excluding ortho intramolecular Hbond substituents is 1. The lowest BCUT2D eigenvalue weighted by molar-refractivity contribution is 0.457. The van der Waals surface area contributed by atoms with Crippen molar-refractivity contribution in [2.45, 2.75) is 71.6 Å². The Balaban J connectivity index is 1.87. The number of aromatic nitrogens is 3. The molecule has 0 atom stereocenters. The molecule has 0 spiro atoms. The second-order valence-corrected chi connectivity index (χ2v) is 8.28. The maximum Gasteiger partial charge on any atom is 0.146 e. The summed E-state index contributed by atoms with van der Waals surface area (Å²) in [6.07, 6.45) is 8.62. The number of rotatable bonds is 9. The van der Waals surface area contributed by atoms with Crippen LogP contribution in [0.15, 0.2) is 30.3 Å². The number of aromatic hydroxyl groups is 1. The quantitative estimate of drug-likeness (QED) is 0.402. The molecule has 0 radical (unpaired) electrons. The predicted molar refractivity (Wildman–Crippen MR) is 117 cm³/mol. The third-order valence-electron chi connectivity index (χ3n) is 5.18. The Bertz CT molecular complexity index is 933. The number of aryl methyl sites for hydroxylation is 1. The number of hydrogen-bond acceptors (Lipinski definition) is 3. The molecule has 0 amide bonds. The van der Waals surface area contributed by atoms with Crippen LogP contribution in [0.3, 0.4) is 0 Å². The van der Waals surface area contributed by atoms with Gasteiger partial charge < -0.3 is 5.11 Å². The van der Waals surface area contributed by atoms with E-state index in [9.17, 15) is 5.11 Å². The van der Waals surface area contributed by atoms with Gasteiger partial charge in [0.15, 0.2) is 0 Å². The number of phenols is 1. The monoisotopic (exact) mass is 399 g/mol. The van der Waals surface area contributed by atoms with Crippen LogP contribution in [-0.4, -0.2) is 20.1 Å². The summed E-state index contributed by atoms with van der Waals surface area (Å²) in [5, 5.41) is 20.6. The topological polar surface area (TPSA) is 50.9 Å². The maximum absolute atomic E-state index is 10.9. The van der Waals surface area contributed by atoms with Gasteiger partial charge in [-0.05, 0) is 54.2 Å². The molecular weight excluding hydrogens is 370 g/mol. The molecule has 0 aliphatic carbocycles. The zero-order chi connectivity index (χ0) is 20.1. The van der Waals surface area contributed by atoms with Gasteiger partial charge in [-0.15, -0.1) is 15.0 Å². The van der Waals surface area contributed by atoms with Gasteiger partial charge >= 0.3 is 0 Å². The Hall–Kier alpha value is -2.07. The van der Waals surface area contributed by atoms with Crippen LogP contribution in [0.1, 0.15) is 76.3 Å². The number of unbranched alkanes of at least 4 members (excludes halogenated alkanes) is 5. The second-order valence-electron chi connectivity index (χ2n) is 7.85. The van der Waals surface area contributed by atoms with Crippen LogP contribution >= 0.6 is 11.6 Å². The van der Waals surface area contributed by atoms with Gasteiger partial charge in [-0.2, -0.15) is 0 Å². The van der Waals surface area contributed by atoms with E-state index in [4.69, 9.17) is 11.6 Å². The van der Waals surface area contributed by atoms with E-state index >= 15 is 0 Å². The first-order chi connectivity index (χ1) is 13.5. The van der Waals surface area contributed by atoms with Crippen LogP contribution in [0.4, 0.5) is 0 Å². The molecule has 1 aromatic heterocycles. The highest BCUT2D eigenvalue weighted by atomic mass is 35.5. The smallest absolute Gasteiger partial charge is 0.146 e. The third kappa shape index (κ3) is 4.85. The van der Waals surface area contributed by atoms with Crippen LogP contribution in [0, 0.1) is 0 Å². The number of nitrogens with zero attached hydrogens (tertiary/aromatic N) is 3. The van der Waals surface area contributed by atoms with Gasteiger partial charge in [0, 0.05) is 5.02 Å². The van der Waals surface area contributed by atoms with Gasteiger partial charge in [-0.1, -0.05) is 70.5 Å². The fourth-order valence-corrected chi connectivity index (χ4v) is 3.71. The van der Waals surface area contributed by atoms with Crippen LogP contribution < -0.4 is 0 Å². The van der Waals surface area contributed by atoms with Crippen molar-refractivity contribution in [3.63, 3.8) is 0 Å². The fourth-order valence-electron chi connectivity index (χ4n) is 3.54. The Labute approximate surface area is 172 Å². The van der Waals surface area contributed by atoms with E-state index in [1.165, 1.54) is 42.5 Å². The molecule has 0 aliphatic rings. The largest absolute Gasteiger partial charge is 0.505 e. The van der Waals surface area contributed by atoms with Crippen LogP contribution in [0.25, 0.3) is 16.7 Å². The van der Waals surface area contributed by atoms with Gasteiger partial charge in [0.1, 0.15) is 22.5 Å². The fraction of sp³-hybridized carbons (Fsp3) is 0.478. The summed E-state index contributed by atoms with van der Waals surface area (Å²) in [4.78, 5) is 1.53. The Kier molecular flexibility index (Phi) is 6.95. The van der Waals surface area contributed by atoms with Crippen molar-refractivity contribution in [2.75, 3.05) is 0 Å². The molecule has 0 unspecified atom stereocenters. The van der Waals surface area contributed by atoms with Crippen molar-refractivity contribution in [1.29, 1.82) is 0 Å². The van der Waals surface area contributed by atoms with E-state index < -0.39 is 0 Å². The first-order valence-corrected chi connectivity index (χ1v) is 10.8. The normalized spacial score (nSPS) is 11.6. The minimum absolute atomic E-state index is 0.225. The molecule has 2 aromatic carbocycles. The molecule has 0 fully saturated rings. The van der Waals surface area contributed by atoms with Gasteiger partial charge in [-0.3, -0.25) is 0 Å². The standard InChI is InChI=1S/C23H30ClN3O/c1-4-5-6-7-8-9-10-17-13-19(16(2)3)23(28)22(14-17)27-25-20-12-11-18(24)15-21(20)26-27/h11-16,28H,4-10H2,1-3H3. The first-order valence-electron chi connectivity index (χ1n) is 10.4. The van der Waals surface area contributed by atoms with Gasteiger partial charge in [0.25, 0.3) is 0 Å². The van der Waals surface area contributed by atoms with Gasteiger partial charge in [0.05, 0.1) is 0 Å². The van der Waals surface area contributed by atoms with Crippen molar-refractivity contribution in [1.82, 2.24) is 15.0 Å². The molecule has 0 bridgehead atoms. The predicted octanol–water partition coefficient (Wildman–Crippen LogP) is 6.81. The Morgan fingerprint density at radius 2 is 1.68 bits per heavy atom. The van der Waals surface area contributed by atoms with Crippen molar-refractivity contribution in [2.24, 2.45) is 0 Å². The van der Waals surface area contributed by atoms with E-state index in [1.807, 2.05) is 12.1 Å². The highest BCUT2D eigenvalue weighted by Gasteiger charge is 2.16. The Morgan fingerprint density at radius 1 is 0.964 bits per heavy atom. The number of fused-ring (bicyclic) bond motifs is 1. The second kappa shape index (κ2) is 9.42. The average Bonchev–Trinajstić information content (AvgIpc) is 3.08. The summed E-state index contributed by atoms with van der Waals surface area (Å²) in [7, 11) is 0. The number of benzene rings is 2. The van der Waals surface area contributed by atoms with Crippen molar-refractivity contribution >= 4 is 22.6 Å². The molecule has 150 valence electrons. The highest BCUT2D eigenvalue weighted by molar-refractivity contribution is 6.31. The Morgan fingerprint density at radius 3 is 2.43 bits per heavy atom. The molecule has 3 aromatic rings. The zero-order valence-corrected chi connectivity index (χ0v) is 17.8. The average molecular weight is 400 g/mol. The SMILES string of the molecule is CCCCCCCCc1cc(C(C)C)c(O)c(-n2nc3ccc(Cl)cc3n2)c1. The van der Waals surface area contributed by atoms with E-state index in [0.29, 0.717) is 10.7 Å². The van der Waals surface area contributed by atoms with E-state index in [1.54, 1.807) is 12.1 Å². The van der Waals surface area contributed by atoms with E-state index in [2.05, 4.69) is 37.0 Å².